The smallest absolute Gasteiger partial charge is 0.323 e. The number of hydrogen-bond acceptors (Lipinski definition) is 2. The fraction of sp³-hybridized carbons (Fsp3) is 0.833. The van der Waals surface area contributed by atoms with Gasteiger partial charge in [0.25, 0.3) is 0 Å². The van der Waals surface area contributed by atoms with Crippen molar-refractivity contribution < 1.29 is 14.4 Å². The van der Waals surface area contributed by atoms with Crippen molar-refractivity contribution >= 4 is 5.97 Å². The van der Waals surface area contributed by atoms with Gasteiger partial charge < -0.3 is 5.11 Å². The van der Waals surface area contributed by atoms with E-state index in [4.69, 9.17) is 5.11 Å². The van der Waals surface area contributed by atoms with Gasteiger partial charge in [0, 0.05) is 0 Å². The molecule has 0 amide bonds. The van der Waals surface area contributed by atoms with Gasteiger partial charge in [0.15, 0.2) is 0 Å². The van der Waals surface area contributed by atoms with Gasteiger partial charge in [0.05, 0.1) is 0 Å². The first kappa shape index (κ1) is 9.36. The summed E-state index contributed by atoms with van der Waals surface area (Å²) in [6, 6.07) is -1.03. The van der Waals surface area contributed by atoms with Crippen molar-refractivity contribution in [2.75, 3.05) is 0 Å². The van der Waals surface area contributed by atoms with E-state index in [1.807, 2.05) is 6.92 Å². The minimum atomic E-state index is -1.13. The van der Waals surface area contributed by atoms with Crippen molar-refractivity contribution in [1.29, 1.82) is 0 Å². The molecule has 3 nitrogen and oxygen atoms in total. The van der Waals surface area contributed by atoms with Crippen molar-refractivity contribution in [3.05, 3.63) is 0 Å². The van der Waals surface area contributed by atoms with E-state index >= 15 is 0 Å². The second kappa shape index (κ2) is 5.17. The third-order valence-electron chi connectivity index (χ3n) is 1.28. The molecule has 60 valence electrons. The summed E-state index contributed by atoms with van der Waals surface area (Å²) in [7, 11) is 0. The summed E-state index contributed by atoms with van der Waals surface area (Å²) >= 11 is 0. The number of aliphatic carboxylic acids is 1. The van der Waals surface area contributed by atoms with Crippen LogP contribution in [0.1, 0.15) is 26.2 Å². The van der Waals surface area contributed by atoms with Crippen LogP contribution < -0.4 is 5.54 Å². The Hall–Kier alpha value is -0.640. The highest BCUT2D eigenvalue weighted by Crippen LogP contribution is 2.00. The first-order valence-corrected chi connectivity index (χ1v) is 3.31. The number of carbonyl (C=O) groups is 1. The van der Waals surface area contributed by atoms with E-state index in [1.165, 1.54) is 5.54 Å². The summed E-state index contributed by atoms with van der Waals surface area (Å²) < 4.78 is 11.6. The van der Waals surface area contributed by atoms with Crippen molar-refractivity contribution in [3.63, 3.8) is 0 Å². The molecule has 0 aromatic carbocycles. The van der Waals surface area contributed by atoms with Gasteiger partial charge in [0.2, 0.25) is 0 Å². The standard InChI is InChI=1S/C6H12FNO2/c1-2-3-4-5(8-7)6(9)10/h5,8H,2-4H2,1H3,(H,9,10). The Morgan fingerprint density at radius 1 is 1.80 bits per heavy atom. The topological polar surface area (TPSA) is 49.3 Å². The molecule has 1 unspecified atom stereocenters. The Bertz CT molecular complexity index is 108. The number of hydrogen-bond donors (Lipinski definition) is 2. The molecule has 0 bridgehead atoms. The minimum absolute atomic E-state index is 0.350. The molecule has 1 atom stereocenters. The second-order valence-electron chi connectivity index (χ2n) is 2.14. The Morgan fingerprint density at radius 3 is 2.70 bits per heavy atom. The number of rotatable bonds is 5. The fourth-order valence-electron chi connectivity index (χ4n) is 0.633. The molecule has 0 saturated heterocycles. The monoisotopic (exact) mass is 149 g/mol. The first-order valence-electron chi connectivity index (χ1n) is 3.31. The van der Waals surface area contributed by atoms with Gasteiger partial charge in [-0.3, -0.25) is 4.79 Å². The summed E-state index contributed by atoms with van der Waals surface area (Å²) in [5.74, 6) is -1.13. The summed E-state index contributed by atoms with van der Waals surface area (Å²) in [6.45, 7) is 1.93. The van der Waals surface area contributed by atoms with Crippen LogP contribution in [0, 0.1) is 0 Å². The molecule has 10 heavy (non-hydrogen) atoms. The number of carboxylic acids is 1. The van der Waals surface area contributed by atoms with Crippen molar-refractivity contribution in [2.45, 2.75) is 32.2 Å². The molecule has 0 heterocycles. The molecule has 0 aliphatic carbocycles. The molecule has 0 saturated carbocycles. The van der Waals surface area contributed by atoms with E-state index in [0.29, 0.717) is 6.42 Å². The lowest BCUT2D eigenvalue weighted by atomic mass is 10.1. The molecule has 2 N–H and O–H groups in total. The third-order valence-corrected chi connectivity index (χ3v) is 1.28. The molecule has 0 fully saturated rings. The van der Waals surface area contributed by atoms with E-state index in [0.717, 1.165) is 12.8 Å². The predicted molar refractivity (Wildman–Crippen MR) is 35.2 cm³/mol. The third kappa shape index (κ3) is 3.40. The molecular weight excluding hydrogens is 137 g/mol. The van der Waals surface area contributed by atoms with Crippen LogP contribution >= 0.6 is 0 Å². The lowest BCUT2D eigenvalue weighted by Crippen LogP contribution is -2.30. The van der Waals surface area contributed by atoms with Crippen LogP contribution in [-0.2, 0) is 4.79 Å². The largest absolute Gasteiger partial charge is 0.480 e. The second-order valence-corrected chi connectivity index (χ2v) is 2.14. The first-order chi connectivity index (χ1) is 4.72. The molecule has 0 aromatic rings. The van der Waals surface area contributed by atoms with Gasteiger partial charge in [-0.2, -0.15) is 0 Å². The highest BCUT2D eigenvalue weighted by Gasteiger charge is 2.14. The van der Waals surface area contributed by atoms with E-state index in [2.05, 4.69) is 0 Å². The van der Waals surface area contributed by atoms with Gasteiger partial charge in [-0.05, 0) is 6.42 Å². The molecule has 0 aliphatic rings. The zero-order chi connectivity index (χ0) is 7.98. The molecule has 0 aliphatic heterocycles. The van der Waals surface area contributed by atoms with Crippen molar-refractivity contribution in [3.8, 4) is 0 Å². The van der Waals surface area contributed by atoms with Crippen LogP contribution in [0.25, 0.3) is 0 Å². The highest BCUT2D eigenvalue weighted by molar-refractivity contribution is 5.73. The summed E-state index contributed by atoms with van der Waals surface area (Å²) in [6.07, 6.45) is 1.96. The number of nitrogens with one attached hydrogen (secondary N) is 1. The lowest BCUT2D eigenvalue weighted by molar-refractivity contribution is -0.141. The van der Waals surface area contributed by atoms with E-state index in [9.17, 15) is 9.28 Å². The van der Waals surface area contributed by atoms with Crippen LogP contribution in [0.15, 0.2) is 0 Å². The number of unbranched alkanes of at least 4 members (excludes halogenated alkanes) is 1. The van der Waals surface area contributed by atoms with Gasteiger partial charge in [-0.25, -0.2) is 0 Å². The van der Waals surface area contributed by atoms with Gasteiger partial charge >= 0.3 is 5.97 Å². The maximum atomic E-state index is 11.6. The zero-order valence-corrected chi connectivity index (χ0v) is 5.93. The number of halogens is 1. The molecule has 0 radical (unpaired) electrons. The maximum Gasteiger partial charge on any atom is 0.323 e. The maximum absolute atomic E-state index is 11.6. The Kier molecular flexibility index (Phi) is 4.84. The summed E-state index contributed by atoms with van der Waals surface area (Å²) in [4.78, 5) is 10.1. The van der Waals surface area contributed by atoms with Crippen molar-refractivity contribution in [2.24, 2.45) is 0 Å². The Labute approximate surface area is 59.2 Å². The van der Waals surface area contributed by atoms with E-state index in [-0.39, 0.29) is 0 Å². The number of carboxylic acid groups (broad SMARTS) is 1. The summed E-state index contributed by atoms with van der Waals surface area (Å²) in [5, 5.41) is 8.30. The average molecular weight is 149 g/mol. The van der Waals surface area contributed by atoms with Crippen LogP contribution in [0.3, 0.4) is 0 Å². The van der Waals surface area contributed by atoms with Gasteiger partial charge in [-0.1, -0.05) is 19.8 Å². The van der Waals surface area contributed by atoms with Crippen molar-refractivity contribution in [1.82, 2.24) is 5.54 Å². The Morgan fingerprint density at radius 2 is 2.40 bits per heavy atom. The van der Waals surface area contributed by atoms with Crippen LogP contribution in [0.5, 0.6) is 0 Å². The molecule has 0 aromatic heterocycles. The van der Waals surface area contributed by atoms with Gasteiger partial charge in [-0.15, -0.1) is 10.0 Å². The molecular formula is C6H12FNO2. The SMILES string of the molecule is CCCCC(NF)C(=O)O. The van der Waals surface area contributed by atoms with Gasteiger partial charge in [0.1, 0.15) is 6.04 Å². The normalized spacial score (nSPS) is 13.0. The van der Waals surface area contributed by atoms with Crippen LogP contribution in [-0.4, -0.2) is 17.1 Å². The fourth-order valence-corrected chi connectivity index (χ4v) is 0.633. The lowest BCUT2D eigenvalue weighted by Gasteiger charge is -2.05. The average Bonchev–Trinajstić information content (AvgIpc) is 1.89. The Balaban J connectivity index is 3.50. The van der Waals surface area contributed by atoms with E-state index < -0.39 is 12.0 Å². The summed E-state index contributed by atoms with van der Waals surface area (Å²) in [5.41, 5.74) is 1.24. The van der Waals surface area contributed by atoms with Crippen LogP contribution in [0.4, 0.5) is 4.48 Å². The molecule has 0 spiro atoms. The zero-order valence-electron chi connectivity index (χ0n) is 5.93. The van der Waals surface area contributed by atoms with Crippen LogP contribution in [0.2, 0.25) is 0 Å². The highest BCUT2D eigenvalue weighted by atomic mass is 19.2. The minimum Gasteiger partial charge on any atom is -0.480 e. The molecule has 4 heteroatoms. The van der Waals surface area contributed by atoms with E-state index in [1.54, 1.807) is 0 Å². The quantitative estimate of drug-likeness (QED) is 0.575. The molecule has 0 rings (SSSR count). The predicted octanol–water partition coefficient (Wildman–Crippen LogP) is 1.10.